The van der Waals surface area contributed by atoms with Gasteiger partial charge in [-0.15, -0.1) is 22.7 Å². The number of ether oxygens (including phenoxy) is 3. The first-order valence-electron chi connectivity index (χ1n) is 28.3. The van der Waals surface area contributed by atoms with Crippen LogP contribution in [0.5, 0.6) is 5.75 Å². The molecule has 6 atom stereocenters. The monoisotopic (exact) mass is 1230 g/mol. The van der Waals surface area contributed by atoms with E-state index in [1.165, 1.54) is 27.4 Å². The third-order valence-electron chi connectivity index (χ3n) is 14.6. The summed E-state index contributed by atoms with van der Waals surface area (Å²) >= 11 is 9.57. The van der Waals surface area contributed by atoms with Gasteiger partial charge in [-0.3, -0.25) is 19.4 Å². The number of carbonyl (C=O) groups is 6. The molecule has 6 heterocycles. The van der Waals surface area contributed by atoms with Gasteiger partial charge in [0.05, 0.1) is 45.6 Å². The minimum absolute atomic E-state index is 0.0189. The molecule has 5 N–H and O–H groups in total. The van der Waals surface area contributed by atoms with Crippen LogP contribution in [0.25, 0.3) is 43.2 Å². The lowest BCUT2D eigenvalue weighted by Crippen LogP contribution is -2.48. The lowest BCUT2D eigenvalue weighted by Gasteiger charge is -2.32. The van der Waals surface area contributed by atoms with E-state index in [2.05, 4.69) is 58.0 Å². The van der Waals surface area contributed by atoms with E-state index in [1.807, 2.05) is 49.6 Å². The van der Waals surface area contributed by atoms with E-state index >= 15 is 0 Å². The van der Waals surface area contributed by atoms with Crippen molar-refractivity contribution in [2.75, 3.05) is 0 Å². The molecule has 85 heavy (non-hydrogen) atoms. The van der Waals surface area contributed by atoms with Crippen molar-refractivity contribution in [3.63, 3.8) is 0 Å². The van der Waals surface area contributed by atoms with Crippen LogP contribution in [0.1, 0.15) is 166 Å². The van der Waals surface area contributed by atoms with Crippen LogP contribution in [0, 0.1) is 27.7 Å². The van der Waals surface area contributed by atoms with E-state index in [4.69, 9.17) is 45.9 Å². The normalized spacial score (nSPS) is 18.7. The molecule has 2 aromatic carbocycles. The highest BCUT2D eigenvalue weighted by Crippen LogP contribution is 2.40. The number of aliphatic carboxylic acids is 4. The van der Waals surface area contributed by atoms with Crippen LogP contribution >= 0.6 is 34.3 Å². The zero-order valence-electron chi connectivity index (χ0n) is 50.7. The van der Waals surface area contributed by atoms with Gasteiger partial charge in [-0.05, 0) is 141 Å². The maximum atomic E-state index is 13.3. The lowest BCUT2D eigenvalue weighted by atomic mass is 10.0. The minimum atomic E-state index is -1.22. The number of carbonyl (C=O) groups excluding carboxylic acids is 2. The van der Waals surface area contributed by atoms with E-state index in [0.29, 0.717) is 17.4 Å². The van der Waals surface area contributed by atoms with Gasteiger partial charge in [0.1, 0.15) is 56.5 Å². The molecule has 0 spiro atoms. The summed E-state index contributed by atoms with van der Waals surface area (Å²) < 4.78 is 17.4. The molecule has 2 aliphatic rings. The van der Waals surface area contributed by atoms with Crippen LogP contribution < -0.4 is 4.74 Å². The molecule has 2 fully saturated rings. The standard InChI is InChI=1S/C31H39N3O7S.C17H17ClN2S.C14H23NO7/c1-16(2)21-15-42-28(33-21)20-13-24(19-12-11-17(3)18(4)27(19)32-20)40-25-14-23(29(37)38)34(30(39)41-31(5,6)7)22(25)9-8-10-26(35)36;1-9(2)15-8-21-17(20-15)14-7-13(18)12-6-5-10(3)11(4)16(12)19-14;1-14(2,3)22-13(21)15-8(5-4-6-11(17)18)10(16)7-9(15)12(19)20/h11-13,15-16,22-23,25H,8-10,14H2,1-7H3,(H,35,36)(H,37,38);5-9H,1-4H3;8-10,16H,4-7H2,1-3H3,(H,17,18)(H,19,20)/t22-,23+,25-;;8-,9+,10-/m1.1/s1. The number of halogens is 1. The van der Waals surface area contributed by atoms with Crippen molar-refractivity contribution >= 4 is 92.1 Å². The molecule has 23 heteroatoms. The van der Waals surface area contributed by atoms with Gasteiger partial charge in [0, 0.05) is 53.3 Å². The Kier molecular flexibility index (Phi) is 22.1. The van der Waals surface area contributed by atoms with Crippen LogP contribution in [0.2, 0.25) is 5.02 Å². The van der Waals surface area contributed by atoms with Crippen LogP contribution in [0.3, 0.4) is 0 Å². The highest BCUT2D eigenvalue weighted by atomic mass is 35.5. The zero-order chi connectivity index (χ0) is 63.2. The minimum Gasteiger partial charge on any atom is -0.487 e. The molecule has 6 aromatic rings. The predicted octanol–water partition coefficient (Wildman–Crippen LogP) is 13.4. The number of aliphatic hydroxyl groups is 1. The molecule has 2 aliphatic heterocycles. The van der Waals surface area contributed by atoms with Gasteiger partial charge in [-0.2, -0.15) is 0 Å². The van der Waals surface area contributed by atoms with Gasteiger partial charge in [-0.1, -0.05) is 57.5 Å². The average Bonchev–Trinajstić information content (AvgIpc) is 2.76. The van der Waals surface area contributed by atoms with Gasteiger partial charge in [0.15, 0.2) is 0 Å². The number of thiazole rings is 2. The second-order valence-corrected chi connectivity index (χ2v) is 26.3. The Balaban J connectivity index is 0.000000226. The summed E-state index contributed by atoms with van der Waals surface area (Å²) in [5.74, 6) is -3.16. The molecule has 4 aromatic heterocycles. The average molecular weight is 1230 g/mol. The van der Waals surface area contributed by atoms with Gasteiger partial charge in [0.25, 0.3) is 0 Å². The molecule has 2 amide bonds. The Morgan fingerprint density at radius 3 is 1.48 bits per heavy atom. The fraction of sp³-hybridized carbons (Fsp3) is 0.516. The smallest absolute Gasteiger partial charge is 0.411 e. The molecule has 0 saturated carbocycles. The molecular formula is C62H79ClN6O14S2. The number of aromatic nitrogens is 4. The SMILES string of the molecule is CC(C)(C)OC(=O)N1[C@H](CCCC(=O)O)[C@H](O)C[C@H]1C(=O)O.Cc1ccc2c(Cl)cc(-c3nc(C(C)C)cs3)nc2c1C.Cc1ccc2c(O[C@@H]3C[C@@H](C(=O)O)N(C(=O)OC(C)(C)C)[C@@H]3CCCC(=O)O)cc(-c3nc(C(C)C)cs3)nc2c1C. The maximum absolute atomic E-state index is 13.3. The van der Waals surface area contributed by atoms with Crippen LogP contribution in [-0.2, 0) is 28.7 Å². The van der Waals surface area contributed by atoms with Crippen LogP contribution in [0.4, 0.5) is 9.59 Å². The molecular weight excluding hydrogens is 1150 g/mol. The first-order valence-corrected chi connectivity index (χ1v) is 30.4. The van der Waals surface area contributed by atoms with E-state index in [-0.39, 0.29) is 57.3 Å². The number of amides is 2. The number of pyridine rings is 2. The highest BCUT2D eigenvalue weighted by molar-refractivity contribution is 7.13. The van der Waals surface area contributed by atoms with E-state index < -0.39 is 83.6 Å². The summed E-state index contributed by atoms with van der Waals surface area (Å²) in [6, 6.07) is 7.95. The molecule has 460 valence electrons. The fourth-order valence-electron chi connectivity index (χ4n) is 9.92. The van der Waals surface area contributed by atoms with Crippen LogP contribution in [-0.4, -0.2) is 139 Å². The maximum Gasteiger partial charge on any atom is 0.411 e. The lowest BCUT2D eigenvalue weighted by molar-refractivity contribution is -0.143. The van der Waals surface area contributed by atoms with E-state index in [9.17, 15) is 49.2 Å². The number of rotatable bonds is 16. The van der Waals surface area contributed by atoms with Crippen molar-refractivity contribution in [1.29, 1.82) is 0 Å². The largest absolute Gasteiger partial charge is 0.487 e. The first-order chi connectivity index (χ1) is 39.7. The summed E-state index contributed by atoms with van der Waals surface area (Å²) in [7, 11) is 0. The Bertz CT molecular complexity index is 3420. The Hall–Kier alpha value is -7.01. The van der Waals surface area contributed by atoms with Crippen molar-refractivity contribution in [2.45, 2.75) is 208 Å². The van der Waals surface area contributed by atoms with E-state index in [0.717, 1.165) is 70.0 Å². The third kappa shape index (κ3) is 17.1. The number of hydrogen-bond donors (Lipinski definition) is 5. The Morgan fingerprint density at radius 2 is 1.05 bits per heavy atom. The number of likely N-dealkylation sites (tertiary alicyclic amines) is 2. The molecule has 0 bridgehead atoms. The number of hydrogen-bond acceptors (Lipinski definition) is 16. The topological polar surface area (TPSA) is 289 Å². The molecule has 0 radical (unpaired) electrons. The second kappa shape index (κ2) is 28.0. The summed E-state index contributed by atoms with van der Waals surface area (Å²) in [5, 5.41) is 55.6. The summed E-state index contributed by atoms with van der Waals surface area (Å²) in [4.78, 5) is 92.6. The molecule has 20 nitrogen and oxygen atoms in total. The molecule has 2 saturated heterocycles. The second-order valence-electron chi connectivity index (χ2n) is 24.2. The first kappa shape index (κ1) is 67.1. The van der Waals surface area contributed by atoms with Crippen molar-refractivity contribution < 1.29 is 68.5 Å². The third-order valence-corrected chi connectivity index (χ3v) is 16.7. The zero-order valence-corrected chi connectivity index (χ0v) is 53.1. The number of nitrogens with zero attached hydrogens (tertiary/aromatic N) is 6. The highest BCUT2D eigenvalue weighted by Gasteiger charge is 2.50. The number of benzene rings is 2. The van der Waals surface area contributed by atoms with Gasteiger partial charge in [-0.25, -0.2) is 39.1 Å². The van der Waals surface area contributed by atoms with Crippen molar-refractivity contribution in [3.05, 3.63) is 85.8 Å². The quantitative estimate of drug-likeness (QED) is 0.0602. The number of aliphatic hydroxyl groups excluding tert-OH is 1. The fourth-order valence-corrected chi connectivity index (χ4v) is 12.1. The van der Waals surface area contributed by atoms with Crippen molar-refractivity contribution in [1.82, 2.24) is 29.7 Å². The number of fused-ring (bicyclic) bond motifs is 2. The number of carboxylic acids is 4. The Labute approximate surface area is 508 Å². The van der Waals surface area contributed by atoms with Gasteiger partial charge < -0.3 is 39.7 Å². The molecule has 8 rings (SSSR count). The summed E-state index contributed by atoms with van der Waals surface area (Å²) in [5.41, 5.74) is 8.11. The van der Waals surface area contributed by atoms with Crippen LogP contribution in [0.15, 0.2) is 47.2 Å². The van der Waals surface area contributed by atoms with Gasteiger partial charge in [0.2, 0.25) is 0 Å². The number of aryl methyl sites for hydroxylation is 4. The van der Waals surface area contributed by atoms with Gasteiger partial charge >= 0.3 is 36.1 Å². The number of carboxylic acid groups (broad SMARTS) is 4. The van der Waals surface area contributed by atoms with Crippen molar-refractivity contribution in [2.24, 2.45) is 0 Å². The Morgan fingerprint density at radius 1 is 0.624 bits per heavy atom. The summed E-state index contributed by atoms with van der Waals surface area (Å²) in [6.07, 6.45) is -2.70. The molecule has 0 unspecified atom stereocenters. The van der Waals surface area contributed by atoms with E-state index in [1.54, 1.807) is 52.9 Å². The summed E-state index contributed by atoms with van der Waals surface area (Å²) in [6.45, 7) is 26.7. The molecule has 0 aliphatic carbocycles. The predicted molar refractivity (Wildman–Crippen MR) is 327 cm³/mol. The van der Waals surface area contributed by atoms with Crippen molar-refractivity contribution in [3.8, 4) is 27.2 Å².